The molecule has 7 heteroatoms. The van der Waals surface area contributed by atoms with Gasteiger partial charge >= 0.3 is 0 Å². The van der Waals surface area contributed by atoms with E-state index >= 15 is 0 Å². The zero-order valence-corrected chi connectivity index (χ0v) is 15.5. The summed E-state index contributed by atoms with van der Waals surface area (Å²) in [4.78, 5) is 13.1. The number of nitriles is 1. The van der Waals surface area contributed by atoms with Gasteiger partial charge in [0, 0.05) is 29.1 Å². The molecule has 1 fully saturated rings. The Morgan fingerprint density at radius 1 is 1.35 bits per heavy atom. The Bertz CT molecular complexity index is 833. The van der Waals surface area contributed by atoms with Crippen LogP contribution in [0.5, 0.6) is 0 Å². The summed E-state index contributed by atoms with van der Waals surface area (Å²) in [6.45, 7) is 1.13. The molecule has 134 valence electrons. The van der Waals surface area contributed by atoms with Crippen LogP contribution in [0.15, 0.2) is 56.4 Å². The second-order valence-electron chi connectivity index (χ2n) is 5.73. The van der Waals surface area contributed by atoms with E-state index in [2.05, 4.69) is 5.32 Å². The molecule has 0 spiro atoms. The summed E-state index contributed by atoms with van der Waals surface area (Å²) in [5.74, 6) is 0.0246. The summed E-state index contributed by atoms with van der Waals surface area (Å²) >= 11 is 7.30. The first-order chi connectivity index (χ1) is 12.6. The summed E-state index contributed by atoms with van der Waals surface area (Å²) in [6, 6.07) is 12.8. The van der Waals surface area contributed by atoms with E-state index in [1.165, 1.54) is 17.8 Å². The van der Waals surface area contributed by atoms with Gasteiger partial charge in [0.05, 0.1) is 6.10 Å². The van der Waals surface area contributed by atoms with Crippen LogP contribution in [0.25, 0.3) is 6.08 Å². The molecular weight excluding hydrogens is 372 g/mol. The molecule has 1 N–H and O–H groups in total. The minimum absolute atomic E-state index is 0.000361. The highest BCUT2D eigenvalue weighted by Crippen LogP contribution is 2.30. The second-order valence-corrected chi connectivity index (χ2v) is 7.24. The molecule has 0 bridgehead atoms. The highest BCUT2D eigenvalue weighted by molar-refractivity contribution is 7.99. The molecule has 1 atom stereocenters. The van der Waals surface area contributed by atoms with E-state index in [9.17, 15) is 10.1 Å². The number of nitrogens with zero attached hydrogens (tertiary/aromatic N) is 1. The van der Waals surface area contributed by atoms with Crippen molar-refractivity contribution in [2.45, 2.75) is 28.9 Å². The summed E-state index contributed by atoms with van der Waals surface area (Å²) in [6.07, 6.45) is 3.40. The minimum Gasteiger partial charge on any atom is -0.450 e. The summed E-state index contributed by atoms with van der Waals surface area (Å²) < 4.78 is 11.1. The number of carbonyl (C=O) groups excluding carboxylic acids is 1. The van der Waals surface area contributed by atoms with Crippen LogP contribution in [0, 0.1) is 11.3 Å². The topological polar surface area (TPSA) is 75.3 Å². The number of hydrogen-bond acceptors (Lipinski definition) is 5. The zero-order valence-electron chi connectivity index (χ0n) is 13.9. The van der Waals surface area contributed by atoms with Gasteiger partial charge in [0.25, 0.3) is 5.91 Å². The Kier molecular flexibility index (Phi) is 6.40. The van der Waals surface area contributed by atoms with Crippen LogP contribution in [-0.4, -0.2) is 25.2 Å². The molecule has 2 heterocycles. The first-order valence-electron chi connectivity index (χ1n) is 8.19. The van der Waals surface area contributed by atoms with Crippen molar-refractivity contribution in [1.29, 1.82) is 5.26 Å². The third-order valence-corrected chi connectivity index (χ3v) is 4.98. The van der Waals surface area contributed by atoms with Crippen molar-refractivity contribution in [1.82, 2.24) is 5.32 Å². The lowest BCUT2D eigenvalue weighted by Gasteiger charge is -2.09. The first-order valence-corrected chi connectivity index (χ1v) is 9.38. The van der Waals surface area contributed by atoms with Crippen molar-refractivity contribution in [2.24, 2.45) is 0 Å². The van der Waals surface area contributed by atoms with E-state index in [0.29, 0.717) is 22.4 Å². The lowest BCUT2D eigenvalue weighted by atomic mass is 10.2. The molecule has 26 heavy (non-hydrogen) atoms. The van der Waals surface area contributed by atoms with Crippen LogP contribution < -0.4 is 5.32 Å². The molecule has 1 saturated heterocycles. The number of furan rings is 1. The van der Waals surface area contributed by atoms with Gasteiger partial charge in [0.15, 0.2) is 5.09 Å². The quantitative estimate of drug-likeness (QED) is 0.590. The van der Waals surface area contributed by atoms with Crippen LogP contribution in [0.1, 0.15) is 18.6 Å². The van der Waals surface area contributed by atoms with E-state index in [1.807, 2.05) is 18.2 Å². The molecular formula is C19H17ClN2O3S. The highest BCUT2D eigenvalue weighted by Gasteiger charge is 2.18. The van der Waals surface area contributed by atoms with Crippen LogP contribution in [0.4, 0.5) is 0 Å². The van der Waals surface area contributed by atoms with Crippen molar-refractivity contribution in [3.63, 3.8) is 0 Å². The number of ether oxygens (including phenoxy) is 1. The summed E-state index contributed by atoms with van der Waals surface area (Å²) in [5, 5.41) is 13.3. The molecule has 1 aliphatic rings. The predicted molar refractivity (Wildman–Crippen MR) is 99.9 cm³/mol. The molecule has 3 rings (SSSR count). The number of carbonyl (C=O) groups is 1. The monoisotopic (exact) mass is 388 g/mol. The minimum atomic E-state index is -0.425. The predicted octanol–water partition coefficient (Wildman–Crippen LogP) is 4.29. The van der Waals surface area contributed by atoms with Gasteiger partial charge in [-0.05, 0) is 49.2 Å². The Morgan fingerprint density at radius 3 is 2.85 bits per heavy atom. The number of benzene rings is 1. The van der Waals surface area contributed by atoms with Crippen LogP contribution >= 0.6 is 23.4 Å². The van der Waals surface area contributed by atoms with Gasteiger partial charge in [-0.1, -0.05) is 23.4 Å². The highest BCUT2D eigenvalue weighted by atomic mass is 35.5. The number of hydrogen-bond donors (Lipinski definition) is 1. The van der Waals surface area contributed by atoms with Crippen LogP contribution in [0.3, 0.4) is 0 Å². The smallest absolute Gasteiger partial charge is 0.262 e. The summed E-state index contributed by atoms with van der Waals surface area (Å²) in [7, 11) is 0. The fourth-order valence-corrected chi connectivity index (χ4v) is 3.39. The largest absolute Gasteiger partial charge is 0.450 e. The van der Waals surface area contributed by atoms with Gasteiger partial charge in [0.1, 0.15) is 17.4 Å². The number of halogens is 1. The second kappa shape index (κ2) is 8.95. The van der Waals surface area contributed by atoms with Crippen molar-refractivity contribution in [3.8, 4) is 6.07 Å². The maximum Gasteiger partial charge on any atom is 0.262 e. The van der Waals surface area contributed by atoms with Crippen LogP contribution in [-0.2, 0) is 9.53 Å². The Balaban J connectivity index is 1.61. The lowest BCUT2D eigenvalue weighted by molar-refractivity contribution is -0.117. The SMILES string of the molecule is N#C/C(=C\c1ccc(Sc2ccc(Cl)cc2)o1)C(=O)NCC1CCCO1. The average Bonchev–Trinajstić information content (AvgIpc) is 3.31. The van der Waals surface area contributed by atoms with E-state index < -0.39 is 5.91 Å². The Morgan fingerprint density at radius 2 is 2.15 bits per heavy atom. The maximum absolute atomic E-state index is 12.1. The van der Waals surface area contributed by atoms with Gasteiger partial charge in [-0.3, -0.25) is 4.79 Å². The van der Waals surface area contributed by atoms with E-state index in [-0.39, 0.29) is 11.7 Å². The average molecular weight is 389 g/mol. The van der Waals surface area contributed by atoms with Gasteiger partial charge < -0.3 is 14.5 Å². The number of rotatable bonds is 6. The molecule has 0 saturated carbocycles. The third-order valence-electron chi connectivity index (χ3n) is 3.80. The van der Waals surface area contributed by atoms with Gasteiger partial charge in [-0.2, -0.15) is 5.26 Å². The van der Waals surface area contributed by atoms with Crippen molar-refractivity contribution >= 4 is 35.3 Å². The molecule has 0 radical (unpaired) electrons. The molecule has 1 aromatic carbocycles. The fraction of sp³-hybridized carbons (Fsp3) is 0.263. The lowest BCUT2D eigenvalue weighted by Crippen LogP contribution is -2.32. The number of amides is 1. The fourth-order valence-electron chi connectivity index (χ4n) is 2.48. The molecule has 1 aromatic heterocycles. The van der Waals surface area contributed by atoms with Gasteiger partial charge in [-0.15, -0.1) is 0 Å². The van der Waals surface area contributed by atoms with Crippen molar-refractivity contribution < 1.29 is 13.9 Å². The van der Waals surface area contributed by atoms with E-state index in [1.54, 1.807) is 24.3 Å². The number of nitrogens with one attached hydrogen (secondary N) is 1. The third kappa shape index (κ3) is 5.15. The Labute approximate surface area is 161 Å². The van der Waals surface area contributed by atoms with E-state index in [4.69, 9.17) is 20.8 Å². The molecule has 5 nitrogen and oxygen atoms in total. The van der Waals surface area contributed by atoms with E-state index in [0.717, 1.165) is 24.3 Å². The molecule has 2 aromatic rings. The molecule has 0 aliphatic carbocycles. The standard InChI is InChI=1S/C19H17ClN2O3S/c20-14-3-6-17(7-4-14)26-18-8-5-15(25-18)10-13(11-21)19(23)22-12-16-2-1-9-24-16/h3-8,10,16H,1-2,9,12H2,(H,22,23)/b13-10+. The van der Waals surface area contributed by atoms with Crippen molar-refractivity contribution in [3.05, 3.63) is 52.8 Å². The van der Waals surface area contributed by atoms with Crippen LogP contribution in [0.2, 0.25) is 5.02 Å². The maximum atomic E-state index is 12.1. The van der Waals surface area contributed by atoms with Gasteiger partial charge in [0.2, 0.25) is 0 Å². The molecule has 1 amide bonds. The first kappa shape index (κ1) is 18.6. The van der Waals surface area contributed by atoms with Gasteiger partial charge in [-0.25, -0.2) is 0 Å². The molecule has 1 unspecified atom stereocenters. The molecule has 1 aliphatic heterocycles. The zero-order chi connectivity index (χ0) is 18.4. The Hall–Kier alpha value is -2.20. The normalized spacial score (nSPS) is 17.1. The van der Waals surface area contributed by atoms with Crippen molar-refractivity contribution in [2.75, 3.05) is 13.2 Å². The summed E-state index contributed by atoms with van der Waals surface area (Å²) in [5.41, 5.74) is 0.000361.